The summed E-state index contributed by atoms with van der Waals surface area (Å²) < 4.78 is 11.7. The first-order valence-electron chi connectivity index (χ1n) is 7.76. The van der Waals surface area contributed by atoms with Crippen LogP contribution in [0.5, 0.6) is 11.5 Å². The Balaban J connectivity index is 2.55. The lowest BCUT2D eigenvalue weighted by molar-refractivity contribution is 0.0837. The number of nitrogens with one attached hydrogen (secondary N) is 1. The van der Waals surface area contributed by atoms with Crippen LogP contribution in [-0.4, -0.2) is 25.3 Å². The molecule has 0 saturated heterocycles. The van der Waals surface area contributed by atoms with Gasteiger partial charge in [-0.15, -0.1) is 0 Å². The number of ether oxygens (including phenoxy) is 2. The molecule has 1 aromatic carbocycles. The van der Waals surface area contributed by atoms with Gasteiger partial charge in [-0.25, -0.2) is 0 Å². The molecule has 0 fully saturated rings. The van der Waals surface area contributed by atoms with Crippen molar-refractivity contribution in [2.75, 3.05) is 19.7 Å². The monoisotopic (exact) mass is 279 g/mol. The van der Waals surface area contributed by atoms with Crippen molar-refractivity contribution in [2.45, 2.75) is 52.6 Å². The highest BCUT2D eigenvalue weighted by Crippen LogP contribution is 2.23. The Hall–Kier alpha value is -1.22. The third-order valence-corrected chi connectivity index (χ3v) is 3.33. The number of rotatable bonds is 10. The highest BCUT2D eigenvalue weighted by molar-refractivity contribution is 5.31. The molecule has 0 bridgehead atoms. The zero-order valence-corrected chi connectivity index (χ0v) is 13.4. The molecule has 1 aromatic rings. The smallest absolute Gasteiger partial charge is 0.120 e. The van der Waals surface area contributed by atoms with Crippen molar-refractivity contribution in [3.8, 4) is 11.5 Å². The molecule has 20 heavy (non-hydrogen) atoms. The van der Waals surface area contributed by atoms with Gasteiger partial charge in [-0.1, -0.05) is 20.8 Å². The highest BCUT2D eigenvalue weighted by Gasteiger charge is 2.23. The first kappa shape index (κ1) is 16.8. The van der Waals surface area contributed by atoms with Gasteiger partial charge in [0, 0.05) is 6.54 Å². The lowest BCUT2D eigenvalue weighted by Crippen LogP contribution is -2.42. The van der Waals surface area contributed by atoms with Crippen LogP contribution in [0.1, 0.15) is 47.0 Å². The van der Waals surface area contributed by atoms with Crippen LogP contribution in [0.15, 0.2) is 24.3 Å². The first-order valence-corrected chi connectivity index (χ1v) is 7.76. The molecule has 0 saturated carbocycles. The third kappa shape index (κ3) is 5.83. The lowest BCUT2D eigenvalue weighted by Gasteiger charge is -2.30. The molecule has 1 rings (SSSR count). The molecule has 1 N–H and O–H groups in total. The van der Waals surface area contributed by atoms with Crippen molar-refractivity contribution in [3.05, 3.63) is 24.3 Å². The second kappa shape index (κ2) is 8.85. The molecule has 3 heteroatoms. The van der Waals surface area contributed by atoms with E-state index in [1.165, 1.54) is 0 Å². The van der Waals surface area contributed by atoms with Gasteiger partial charge in [-0.05, 0) is 57.0 Å². The minimum atomic E-state index is -0.166. The highest BCUT2D eigenvalue weighted by atomic mass is 16.5. The van der Waals surface area contributed by atoms with E-state index in [2.05, 4.69) is 33.0 Å². The van der Waals surface area contributed by atoms with Gasteiger partial charge in [0.25, 0.3) is 0 Å². The SMILES string of the molecule is CCCNCC(C)(CC)Oc1ccc(OCCC)cc1. The molecule has 0 aromatic heterocycles. The van der Waals surface area contributed by atoms with E-state index in [4.69, 9.17) is 9.47 Å². The van der Waals surface area contributed by atoms with Crippen LogP contribution in [0.2, 0.25) is 0 Å². The molecule has 0 radical (unpaired) electrons. The van der Waals surface area contributed by atoms with Crippen LogP contribution in [0.4, 0.5) is 0 Å². The summed E-state index contributed by atoms with van der Waals surface area (Å²) in [6.45, 7) is 11.2. The van der Waals surface area contributed by atoms with Crippen LogP contribution in [0.3, 0.4) is 0 Å². The summed E-state index contributed by atoms with van der Waals surface area (Å²) in [6.07, 6.45) is 3.14. The molecule has 3 nitrogen and oxygen atoms in total. The fourth-order valence-corrected chi connectivity index (χ4v) is 1.87. The molecule has 0 spiro atoms. The second-order valence-corrected chi connectivity index (χ2v) is 5.40. The quantitative estimate of drug-likeness (QED) is 0.656. The van der Waals surface area contributed by atoms with Gasteiger partial charge >= 0.3 is 0 Å². The second-order valence-electron chi connectivity index (χ2n) is 5.40. The van der Waals surface area contributed by atoms with Crippen molar-refractivity contribution in [1.29, 1.82) is 0 Å². The van der Waals surface area contributed by atoms with Crippen LogP contribution >= 0.6 is 0 Å². The van der Waals surface area contributed by atoms with Crippen LogP contribution in [0.25, 0.3) is 0 Å². The summed E-state index contributed by atoms with van der Waals surface area (Å²) in [7, 11) is 0. The first-order chi connectivity index (χ1) is 9.63. The molecule has 0 amide bonds. The van der Waals surface area contributed by atoms with E-state index in [1.807, 2.05) is 24.3 Å². The van der Waals surface area contributed by atoms with Crippen molar-refractivity contribution in [3.63, 3.8) is 0 Å². The fourth-order valence-electron chi connectivity index (χ4n) is 1.87. The summed E-state index contributed by atoms with van der Waals surface area (Å²) in [5.74, 6) is 1.80. The normalized spacial score (nSPS) is 13.8. The maximum absolute atomic E-state index is 6.14. The van der Waals surface area contributed by atoms with Gasteiger partial charge < -0.3 is 14.8 Å². The Labute approximate surface area is 123 Å². The molecule has 114 valence electrons. The predicted molar refractivity (Wildman–Crippen MR) is 84.7 cm³/mol. The van der Waals surface area contributed by atoms with E-state index in [0.717, 1.165) is 50.5 Å². The number of hydrogen-bond donors (Lipinski definition) is 1. The van der Waals surface area contributed by atoms with Gasteiger partial charge in [0.1, 0.15) is 17.1 Å². The van der Waals surface area contributed by atoms with Crippen molar-refractivity contribution >= 4 is 0 Å². The lowest BCUT2D eigenvalue weighted by atomic mass is 10.0. The number of benzene rings is 1. The third-order valence-electron chi connectivity index (χ3n) is 3.33. The van der Waals surface area contributed by atoms with Crippen molar-refractivity contribution < 1.29 is 9.47 Å². The molecule has 0 aliphatic heterocycles. The van der Waals surface area contributed by atoms with Gasteiger partial charge in [0.2, 0.25) is 0 Å². The predicted octanol–water partition coefficient (Wildman–Crippen LogP) is 4.02. The zero-order chi connectivity index (χ0) is 14.8. The molecule has 1 atom stereocenters. The standard InChI is InChI=1S/C17H29NO2/c1-5-12-18-14-17(4,7-3)20-16-10-8-15(9-11-16)19-13-6-2/h8-11,18H,5-7,12-14H2,1-4H3. The van der Waals surface area contributed by atoms with E-state index >= 15 is 0 Å². The average Bonchev–Trinajstić information content (AvgIpc) is 2.47. The largest absolute Gasteiger partial charge is 0.494 e. The Kier molecular flexibility index (Phi) is 7.45. The summed E-state index contributed by atoms with van der Waals surface area (Å²) >= 11 is 0. The van der Waals surface area contributed by atoms with E-state index in [-0.39, 0.29) is 5.60 Å². The Bertz CT molecular complexity index is 364. The molecule has 0 aliphatic rings. The van der Waals surface area contributed by atoms with Crippen molar-refractivity contribution in [2.24, 2.45) is 0 Å². The van der Waals surface area contributed by atoms with E-state index in [1.54, 1.807) is 0 Å². The molecule has 0 heterocycles. The summed E-state index contributed by atoms with van der Waals surface area (Å²) in [4.78, 5) is 0. The Morgan fingerprint density at radius 3 is 2.20 bits per heavy atom. The fraction of sp³-hybridized carbons (Fsp3) is 0.647. The number of hydrogen-bond acceptors (Lipinski definition) is 3. The average molecular weight is 279 g/mol. The Morgan fingerprint density at radius 2 is 1.65 bits per heavy atom. The molecular formula is C17H29NO2. The van der Waals surface area contributed by atoms with Crippen LogP contribution in [-0.2, 0) is 0 Å². The summed E-state index contributed by atoms with van der Waals surface area (Å²) in [5.41, 5.74) is -0.166. The minimum absolute atomic E-state index is 0.166. The molecular weight excluding hydrogens is 250 g/mol. The Morgan fingerprint density at radius 1 is 1.00 bits per heavy atom. The molecule has 1 unspecified atom stereocenters. The summed E-state index contributed by atoms with van der Waals surface area (Å²) in [6, 6.07) is 7.92. The van der Waals surface area contributed by atoms with E-state index in [0.29, 0.717) is 0 Å². The topological polar surface area (TPSA) is 30.5 Å². The van der Waals surface area contributed by atoms with Gasteiger partial charge in [-0.3, -0.25) is 0 Å². The van der Waals surface area contributed by atoms with E-state index in [9.17, 15) is 0 Å². The maximum Gasteiger partial charge on any atom is 0.120 e. The summed E-state index contributed by atoms with van der Waals surface area (Å²) in [5, 5.41) is 3.44. The van der Waals surface area contributed by atoms with Gasteiger partial charge in [0.05, 0.1) is 6.61 Å². The van der Waals surface area contributed by atoms with Crippen LogP contribution in [0, 0.1) is 0 Å². The van der Waals surface area contributed by atoms with E-state index < -0.39 is 0 Å². The van der Waals surface area contributed by atoms with Crippen molar-refractivity contribution in [1.82, 2.24) is 5.32 Å². The molecule has 0 aliphatic carbocycles. The van der Waals surface area contributed by atoms with Crippen LogP contribution < -0.4 is 14.8 Å². The maximum atomic E-state index is 6.14. The van der Waals surface area contributed by atoms with Gasteiger partial charge in [0.15, 0.2) is 0 Å². The van der Waals surface area contributed by atoms with Gasteiger partial charge in [-0.2, -0.15) is 0 Å². The zero-order valence-electron chi connectivity index (χ0n) is 13.4. The minimum Gasteiger partial charge on any atom is -0.494 e.